The maximum atomic E-state index is 12.1. The molecular weight excluding hydrogens is 418 g/mol. The fourth-order valence-electron chi connectivity index (χ4n) is 2.41. The standard InChI is InChI=1S/C19H21BrClN3O2/c1-13-8-15(20)6-7-17(13)23-19(26)12-24(2)11-18(25)22-10-14-4-3-5-16(21)9-14/h3-9H,10-12H2,1-2H3,(H,22,25)(H,23,26). The van der Waals surface area contributed by atoms with E-state index in [1.54, 1.807) is 24.1 Å². The molecule has 0 aromatic heterocycles. The van der Waals surface area contributed by atoms with Gasteiger partial charge in [0.25, 0.3) is 0 Å². The van der Waals surface area contributed by atoms with Gasteiger partial charge in [0, 0.05) is 21.7 Å². The number of nitrogens with one attached hydrogen (secondary N) is 2. The van der Waals surface area contributed by atoms with E-state index in [2.05, 4.69) is 26.6 Å². The lowest BCUT2D eigenvalue weighted by Crippen LogP contribution is -2.38. The summed E-state index contributed by atoms with van der Waals surface area (Å²) in [5.74, 6) is -0.319. The average molecular weight is 439 g/mol. The first-order valence-corrected chi connectivity index (χ1v) is 9.26. The zero-order valence-electron chi connectivity index (χ0n) is 14.7. The minimum atomic E-state index is -0.166. The van der Waals surface area contributed by atoms with E-state index >= 15 is 0 Å². The molecule has 2 N–H and O–H groups in total. The minimum absolute atomic E-state index is 0.125. The number of benzene rings is 2. The number of rotatable bonds is 7. The molecule has 0 aliphatic carbocycles. The van der Waals surface area contributed by atoms with E-state index in [4.69, 9.17) is 11.6 Å². The van der Waals surface area contributed by atoms with Crippen LogP contribution >= 0.6 is 27.5 Å². The summed E-state index contributed by atoms with van der Waals surface area (Å²) in [7, 11) is 1.73. The Morgan fingerprint density at radius 2 is 1.85 bits per heavy atom. The van der Waals surface area contributed by atoms with Crippen LogP contribution in [0.3, 0.4) is 0 Å². The van der Waals surface area contributed by atoms with Crippen molar-refractivity contribution in [3.8, 4) is 0 Å². The van der Waals surface area contributed by atoms with Crippen LogP contribution in [0.25, 0.3) is 0 Å². The van der Waals surface area contributed by atoms with Gasteiger partial charge < -0.3 is 10.6 Å². The number of hydrogen-bond donors (Lipinski definition) is 2. The summed E-state index contributed by atoms with van der Waals surface area (Å²) in [5, 5.41) is 6.31. The molecule has 7 heteroatoms. The van der Waals surface area contributed by atoms with Crippen molar-refractivity contribution in [3.63, 3.8) is 0 Å². The number of carbonyl (C=O) groups is 2. The Labute approximate surface area is 166 Å². The van der Waals surface area contributed by atoms with Crippen LogP contribution in [0.15, 0.2) is 46.9 Å². The molecule has 0 radical (unpaired) electrons. The Balaban J connectivity index is 1.77. The Morgan fingerprint density at radius 3 is 2.54 bits per heavy atom. The van der Waals surface area contributed by atoms with Gasteiger partial charge in [-0.15, -0.1) is 0 Å². The molecule has 0 aliphatic rings. The van der Waals surface area contributed by atoms with Crippen molar-refractivity contribution in [1.29, 1.82) is 0 Å². The fraction of sp³-hybridized carbons (Fsp3) is 0.263. The molecule has 0 heterocycles. The Kier molecular flexibility index (Phi) is 7.63. The van der Waals surface area contributed by atoms with Gasteiger partial charge in [-0.1, -0.05) is 39.7 Å². The van der Waals surface area contributed by atoms with E-state index in [1.165, 1.54) is 0 Å². The van der Waals surface area contributed by atoms with E-state index in [0.29, 0.717) is 11.6 Å². The highest BCUT2D eigenvalue weighted by Crippen LogP contribution is 2.19. The number of amides is 2. The van der Waals surface area contributed by atoms with Crippen LogP contribution in [0.1, 0.15) is 11.1 Å². The second-order valence-corrected chi connectivity index (χ2v) is 7.44. The molecule has 5 nitrogen and oxygen atoms in total. The van der Waals surface area contributed by atoms with Gasteiger partial charge in [-0.05, 0) is 55.4 Å². The van der Waals surface area contributed by atoms with E-state index in [9.17, 15) is 9.59 Å². The Bertz CT molecular complexity index is 798. The van der Waals surface area contributed by atoms with Gasteiger partial charge in [-0.2, -0.15) is 0 Å². The van der Waals surface area contributed by atoms with E-state index in [0.717, 1.165) is 21.3 Å². The quantitative estimate of drug-likeness (QED) is 0.694. The number of hydrogen-bond acceptors (Lipinski definition) is 3. The highest BCUT2D eigenvalue weighted by molar-refractivity contribution is 9.10. The summed E-state index contributed by atoms with van der Waals surface area (Å²) >= 11 is 9.31. The van der Waals surface area contributed by atoms with Gasteiger partial charge in [0.15, 0.2) is 0 Å². The van der Waals surface area contributed by atoms with Gasteiger partial charge in [0.1, 0.15) is 0 Å². The number of halogens is 2. The molecular formula is C19H21BrClN3O2. The molecule has 0 saturated heterocycles. The Hall–Kier alpha value is -1.89. The molecule has 2 amide bonds. The van der Waals surface area contributed by atoms with Crippen molar-refractivity contribution in [2.45, 2.75) is 13.5 Å². The summed E-state index contributed by atoms with van der Waals surface area (Å²) in [6, 6.07) is 13.0. The molecule has 0 atom stereocenters. The third kappa shape index (κ3) is 6.78. The van der Waals surface area contributed by atoms with E-state index in [-0.39, 0.29) is 24.9 Å². The lowest BCUT2D eigenvalue weighted by Gasteiger charge is -2.16. The van der Waals surface area contributed by atoms with Crippen LogP contribution in [0, 0.1) is 6.92 Å². The second kappa shape index (κ2) is 9.71. The van der Waals surface area contributed by atoms with Crippen molar-refractivity contribution >= 4 is 45.0 Å². The fourth-order valence-corrected chi connectivity index (χ4v) is 3.10. The maximum absolute atomic E-state index is 12.1. The molecule has 0 unspecified atom stereocenters. The summed E-state index contributed by atoms with van der Waals surface area (Å²) in [5.41, 5.74) is 2.66. The third-order valence-electron chi connectivity index (χ3n) is 3.67. The molecule has 0 spiro atoms. The van der Waals surface area contributed by atoms with Crippen LogP contribution < -0.4 is 10.6 Å². The number of likely N-dealkylation sites (N-methyl/N-ethyl adjacent to an activating group) is 1. The van der Waals surface area contributed by atoms with Crippen molar-refractivity contribution in [2.24, 2.45) is 0 Å². The molecule has 2 aromatic carbocycles. The first kappa shape index (κ1) is 20.4. The lowest BCUT2D eigenvalue weighted by atomic mass is 10.2. The predicted octanol–water partition coefficient (Wildman–Crippen LogP) is 3.60. The molecule has 0 aliphatic heterocycles. The van der Waals surface area contributed by atoms with Gasteiger partial charge >= 0.3 is 0 Å². The highest BCUT2D eigenvalue weighted by atomic mass is 79.9. The van der Waals surface area contributed by atoms with Crippen LogP contribution in [-0.4, -0.2) is 36.9 Å². The van der Waals surface area contributed by atoms with Crippen LogP contribution in [0.4, 0.5) is 5.69 Å². The van der Waals surface area contributed by atoms with Gasteiger partial charge in [0.2, 0.25) is 11.8 Å². The largest absolute Gasteiger partial charge is 0.351 e. The summed E-state index contributed by atoms with van der Waals surface area (Å²) < 4.78 is 0.960. The average Bonchev–Trinajstić information content (AvgIpc) is 2.55. The van der Waals surface area contributed by atoms with E-state index in [1.807, 2.05) is 37.3 Å². The zero-order valence-corrected chi connectivity index (χ0v) is 17.0. The maximum Gasteiger partial charge on any atom is 0.238 e. The topological polar surface area (TPSA) is 61.4 Å². The molecule has 2 aromatic rings. The van der Waals surface area contributed by atoms with Crippen molar-refractivity contribution < 1.29 is 9.59 Å². The van der Waals surface area contributed by atoms with Gasteiger partial charge in [-0.3, -0.25) is 14.5 Å². The number of anilines is 1. The smallest absolute Gasteiger partial charge is 0.238 e. The van der Waals surface area contributed by atoms with Crippen molar-refractivity contribution in [2.75, 3.05) is 25.5 Å². The first-order valence-electron chi connectivity index (χ1n) is 8.09. The minimum Gasteiger partial charge on any atom is -0.351 e. The monoisotopic (exact) mass is 437 g/mol. The lowest BCUT2D eigenvalue weighted by molar-refractivity contribution is -0.123. The summed E-state index contributed by atoms with van der Waals surface area (Å²) in [6.07, 6.45) is 0. The summed E-state index contributed by atoms with van der Waals surface area (Å²) in [4.78, 5) is 25.8. The SMILES string of the molecule is Cc1cc(Br)ccc1NC(=O)CN(C)CC(=O)NCc1cccc(Cl)c1. The van der Waals surface area contributed by atoms with Crippen LogP contribution in [-0.2, 0) is 16.1 Å². The highest BCUT2D eigenvalue weighted by Gasteiger charge is 2.12. The number of aryl methyl sites for hydroxylation is 1. The predicted molar refractivity (Wildman–Crippen MR) is 108 cm³/mol. The van der Waals surface area contributed by atoms with Crippen LogP contribution in [0.2, 0.25) is 5.02 Å². The zero-order chi connectivity index (χ0) is 19.1. The first-order chi connectivity index (χ1) is 12.3. The van der Waals surface area contributed by atoms with Gasteiger partial charge in [0.05, 0.1) is 13.1 Å². The molecule has 2 rings (SSSR count). The molecule has 138 valence electrons. The van der Waals surface area contributed by atoms with E-state index < -0.39 is 0 Å². The third-order valence-corrected chi connectivity index (χ3v) is 4.40. The second-order valence-electron chi connectivity index (χ2n) is 6.09. The number of carbonyl (C=O) groups excluding carboxylic acids is 2. The molecule has 0 bridgehead atoms. The normalized spacial score (nSPS) is 10.7. The summed E-state index contributed by atoms with van der Waals surface area (Å²) in [6.45, 7) is 2.58. The van der Waals surface area contributed by atoms with Gasteiger partial charge in [-0.25, -0.2) is 0 Å². The molecule has 26 heavy (non-hydrogen) atoms. The Morgan fingerprint density at radius 1 is 1.12 bits per heavy atom. The van der Waals surface area contributed by atoms with Crippen LogP contribution in [0.5, 0.6) is 0 Å². The molecule has 0 fully saturated rings. The van der Waals surface area contributed by atoms with Crippen molar-refractivity contribution in [3.05, 3.63) is 63.1 Å². The van der Waals surface area contributed by atoms with Crippen molar-refractivity contribution in [1.82, 2.24) is 10.2 Å². The molecule has 0 saturated carbocycles. The number of nitrogens with zero attached hydrogens (tertiary/aromatic N) is 1.